The minimum atomic E-state index is -0.987. The molecule has 102 valence electrons. The molecule has 0 saturated heterocycles. The summed E-state index contributed by atoms with van der Waals surface area (Å²) in [5.41, 5.74) is 0.642. The first kappa shape index (κ1) is 14.6. The Morgan fingerprint density at radius 1 is 1.42 bits per heavy atom. The molecule has 0 radical (unpaired) electrons. The zero-order valence-electron chi connectivity index (χ0n) is 10.6. The molecule has 19 heavy (non-hydrogen) atoms. The predicted molar refractivity (Wildman–Crippen MR) is 67.0 cm³/mol. The van der Waals surface area contributed by atoms with Crippen molar-refractivity contribution in [3.63, 3.8) is 0 Å². The molecule has 1 aromatic rings. The average molecular weight is 266 g/mol. The number of hydrogen-bond acceptors (Lipinski definition) is 4. The molecular formula is C12H14N2O5. The van der Waals surface area contributed by atoms with E-state index in [4.69, 9.17) is 5.11 Å². The van der Waals surface area contributed by atoms with Crippen LogP contribution in [0.2, 0.25) is 0 Å². The molecule has 1 amide bonds. The van der Waals surface area contributed by atoms with Gasteiger partial charge in [0.1, 0.15) is 0 Å². The monoisotopic (exact) mass is 266 g/mol. The van der Waals surface area contributed by atoms with Crippen LogP contribution in [-0.2, 0) is 4.79 Å². The van der Waals surface area contributed by atoms with E-state index in [9.17, 15) is 19.7 Å². The van der Waals surface area contributed by atoms with Crippen molar-refractivity contribution in [1.82, 2.24) is 4.90 Å². The van der Waals surface area contributed by atoms with Gasteiger partial charge in [-0.1, -0.05) is 0 Å². The van der Waals surface area contributed by atoms with E-state index < -0.39 is 10.9 Å². The molecule has 1 N–H and O–H groups in total. The largest absolute Gasteiger partial charge is 0.481 e. The molecule has 0 unspecified atom stereocenters. The second kappa shape index (κ2) is 5.94. The van der Waals surface area contributed by atoms with Crippen molar-refractivity contribution in [3.05, 3.63) is 39.4 Å². The molecule has 7 heteroatoms. The van der Waals surface area contributed by atoms with Crippen molar-refractivity contribution < 1.29 is 19.6 Å². The first-order valence-electron chi connectivity index (χ1n) is 5.55. The topological polar surface area (TPSA) is 101 Å². The fourth-order valence-electron chi connectivity index (χ4n) is 1.58. The normalized spacial score (nSPS) is 10.0. The lowest BCUT2D eigenvalue weighted by Crippen LogP contribution is -2.29. The molecule has 0 saturated carbocycles. The van der Waals surface area contributed by atoms with Gasteiger partial charge in [0, 0.05) is 30.8 Å². The number of nitrogens with zero attached hydrogens (tertiary/aromatic N) is 2. The van der Waals surface area contributed by atoms with Crippen LogP contribution in [0.4, 0.5) is 5.69 Å². The van der Waals surface area contributed by atoms with Crippen LogP contribution < -0.4 is 0 Å². The van der Waals surface area contributed by atoms with Crippen LogP contribution in [0.25, 0.3) is 0 Å². The summed E-state index contributed by atoms with van der Waals surface area (Å²) in [7, 11) is 1.49. The highest BCUT2D eigenvalue weighted by Gasteiger charge is 2.16. The van der Waals surface area contributed by atoms with Crippen LogP contribution in [0.15, 0.2) is 18.2 Å². The molecule has 0 heterocycles. The molecule has 0 aromatic heterocycles. The molecular weight excluding hydrogens is 252 g/mol. The number of aryl methyl sites for hydroxylation is 1. The number of amides is 1. The number of carbonyl (C=O) groups excluding carboxylic acids is 1. The zero-order chi connectivity index (χ0) is 14.6. The standard InChI is InChI=1S/C12H14N2O5/c1-8-7-9(3-4-10(8)14(18)19)12(17)13(2)6-5-11(15)16/h3-4,7H,5-6H2,1-2H3,(H,15,16). The van der Waals surface area contributed by atoms with Crippen LogP contribution in [-0.4, -0.2) is 40.4 Å². The molecule has 0 fully saturated rings. The molecule has 0 aliphatic carbocycles. The number of hydrogen-bond donors (Lipinski definition) is 1. The summed E-state index contributed by atoms with van der Waals surface area (Å²) in [6.45, 7) is 1.64. The number of rotatable bonds is 5. The summed E-state index contributed by atoms with van der Waals surface area (Å²) in [6, 6.07) is 4.07. The van der Waals surface area contributed by atoms with Crippen LogP contribution >= 0.6 is 0 Å². The van der Waals surface area contributed by atoms with Gasteiger partial charge >= 0.3 is 5.97 Å². The third kappa shape index (κ3) is 3.77. The van der Waals surface area contributed by atoms with Gasteiger partial charge < -0.3 is 10.0 Å². The van der Waals surface area contributed by atoms with Crippen molar-refractivity contribution >= 4 is 17.6 Å². The van der Waals surface area contributed by atoms with Crippen molar-refractivity contribution in [3.8, 4) is 0 Å². The van der Waals surface area contributed by atoms with Crippen molar-refractivity contribution in [2.45, 2.75) is 13.3 Å². The molecule has 7 nitrogen and oxygen atoms in total. The maximum absolute atomic E-state index is 12.0. The number of aliphatic carboxylic acids is 1. The number of benzene rings is 1. The van der Waals surface area contributed by atoms with E-state index in [1.165, 1.54) is 30.1 Å². The van der Waals surface area contributed by atoms with Crippen LogP contribution in [0.3, 0.4) is 0 Å². The van der Waals surface area contributed by atoms with Gasteiger partial charge in [-0.2, -0.15) is 0 Å². The second-order valence-corrected chi connectivity index (χ2v) is 4.13. The highest BCUT2D eigenvalue weighted by Crippen LogP contribution is 2.19. The third-order valence-electron chi connectivity index (χ3n) is 2.65. The van der Waals surface area contributed by atoms with E-state index in [0.29, 0.717) is 11.1 Å². The Morgan fingerprint density at radius 3 is 2.53 bits per heavy atom. The zero-order valence-corrected chi connectivity index (χ0v) is 10.6. The smallest absolute Gasteiger partial charge is 0.305 e. The summed E-state index contributed by atoms with van der Waals surface area (Å²) in [4.78, 5) is 33.8. The van der Waals surface area contributed by atoms with Crippen LogP contribution in [0.5, 0.6) is 0 Å². The lowest BCUT2D eigenvalue weighted by Gasteiger charge is -2.16. The van der Waals surface area contributed by atoms with Crippen molar-refractivity contribution in [2.24, 2.45) is 0 Å². The highest BCUT2D eigenvalue weighted by molar-refractivity contribution is 5.94. The van der Waals surface area contributed by atoms with E-state index in [1.54, 1.807) is 6.92 Å². The van der Waals surface area contributed by atoms with Gasteiger partial charge in [-0.05, 0) is 19.1 Å². The number of carboxylic acids is 1. The lowest BCUT2D eigenvalue weighted by atomic mass is 10.1. The number of nitro groups is 1. The highest BCUT2D eigenvalue weighted by atomic mass is 16.6. The molecule has 0 aliphatic heterocycles. The third-order valence-corrected chi connectivity index (χ3v) is 2.65. The maximum Gasteiger partial charge on any atom is 0.305 e. The summed E-state index contributed by atoms with van der Waals surface area (Å²) in [5.74, 6) is -1.35. The summed E-state index contributed by atoms with van der Waals surface area (Å²) in [5, 5.41) is 19.2. The minimum absolute atomic E-state index is 0.0512. The van der Waals surface area contributed by atoms with Gasteiger partial charge in [-0.25, -0.2) is 0 Å². The van der Waals surface area contributed by atoms with Crippen LogP contribution in [0.1, 0.15) is 22.3 Å². The van der Waals surface area contributed by atoms with E-state index in [0.717, 1.165) is 0 Å². The quantitative estimate of drug-likeness (QED) is 0.642. The number of carboxylic acid groups (broad SMARTS) is 1. The van der Waals surface area contributed by atoms with Gasteiger partial charge in [0.25, 0.3) is 11.6 Å². The van der Waals surface area contributed by atoms with Crippen molar-refractivity contribution in [1.29, 1.82) is 0 Å². The Kier molecular flexibility index (Phi) is 4.57. The SMILES string of the molecule is Cc1cc(C(=O)N(C)CCC(=O)O)ccc1[N+](=O)[O-]. The Morgan fingerprint density at radius 2 is 2.05 bits per heavy atom. The Bertz CT molecular complexity index is 527. The van der Waals surface area contributed by atoms with Gasteiger partial charge in [0.15, 0.2) is 0 Å². The molecule has 1 rings (SSSR count). The summed E-state index contributed by atoms with van der Waals surface area (Å²) >= 11 is 0. The molecule has 0 aliphatic rings. The first-order valence-corrected chi connectivity index (χ1v) is 5.55. The lowest BCUT2D eigenvalue weighted by molar-refractivity contribution is -0.385. The summed E-state index contributed by atoms with van der Waals surface area (Å²) < 4.78 is 0. The minimum Gasteiger partial charge on any atom is -0.481 e. The molecule has 0 spiro atoms. The Labute approximate surface area is 109 Å². The van der Waals surface area contributed by atoms with Gasteiger partial charge in [-0.3, -0.25) is 19.7 Å². The Balaban J connectivity index is 2.85. The molecule has 1 aromatic carbocycles. The van der Waals surface area contributed by atoms with Crippen molar-refractivity contribution in [2.75, 3.05) is 13.6 Å². The van der Waals surface area contributed by atoms with Gasteiger partial charge in [0.2, 0.25) is 0 Å². The number of nitro benzene ring substituents is 1. The second-order valence-electron chi connectivity index (χ2n) is 4.13. The fourth-order valence-corrected chi connectivity index (χ4v) is 1.58. The van der Waals surface area contributed by atoms with E-state index in [1.807, 2.05) is 0 Å². The van der Waals surface area contributed by atoms with E-state index in [2.05, 4.69) is 0 Å². The fraction of sp³-hybridized carbons (Fsp3) is 0.333. The predicted octanol–water partition coefficient (Wildman–Crippen LogP) is 1.45. The summed E-state index contributed by atoms with van der Waals surface area (Å²) in [6.07, 6.45) is -0.145. The Hall–Kier alpha value is -2.44. The maximum atomic E-state index is 12.0. The first-order chi connectivity index (χ1) is 8.82. The molecule has 0 atom stereocenters. The van der Waals surface area contributed by atoms with Gasteiger partial charge in [0.05, 0.1) is 11.3 Å². The van der Waals surface area contributed by atoms with Gasteiger partial charge in [-0.15, -0.1) is 0 Å². The molecule has 0 bridgehead atoms. The number of carbonyl (C=O) groups is 2. The van der Waals surface area contributed by atoms with E-state index >= 15 is 0 Å². The average Bonchev–Trinajstić information content (AvgIpc) is 2.34. The van der Waals surface area contributed by atoms with Crippen LogP contribution in [0, 0.1) is 17.0 Å². The van der Waals surface area contributed by atoms with E-state index in [-0.39, 0.29) is 24.6 Å².